The minimum Gasteiger partial charge on any atom is -0.207 e. The molecule has 100 valence electrons. The maximum atomic E-state index is 13.7. The second-order valence-corrected chi connectivity index (χ2v) is 5.94. The van der Waals surface area contributed by atoms with Gasteiger partial charge in [-0.15, -0.1) is 11.6 Å². The first-order valence-corrected chi connectivity index (χ1v) is 7.11. The maximum Gasteiger partial charge on any atom is 0.142 e. The summed E-state index contributed by atoms with van der Waals surface area (Å²) in [5.74, 6) is -1.26. The fourth-order valence-corrected chi connectivity index (χ4v) is 2.70. The van der Waals surface area contributed by atoms with E-state index in [1.165, 1.54) is 0 Å². The molecule has 0 aliphatic carbocycles. The molecule has 0 aliphatic heterocycles. The highest BCUT2D eigenvalue weighted by atomic mass is 79.9. The van der Waals surface area contributed by atoms with Crippen LogP contribution in [0.5, 0.6) is 0 Å². The molecule has 0 saturated heterocycles. The Balaban J connectivity index is 2.25. The number of benzene rings is 2. The Bertz CT molecular complexity index is 602. The van der Waals surface area contributed by atoms with Gasteiger partial charge in [-0.1, -0.05) is 39.7 Å². The normalized spacial score (nSPS) is 12.5. The molecule has 1 atom stereocenters. The third-order valence-corrected chi connectivity index (χ3v) is 3.85. The monoisotopic (exact) mass is 364 g/mol. The van der Waals surface area contributed by atoms with Crippen LogP contribution in [0.1, 0.15) is 16.5 Å². The van der Waals surface area contributed by atoms with Gasteiger partial charge in [0.15, 0.2) is 0 Å². The topological polar surface area (TPSA) is 0 Å². The van der Waals surface area contributed by atoms with E-state index in [-0.39, 0.29) is 10.6 Å². The third kappa shape index (κ3) is 3.68. The zero-order valence-electron chi connectivity index (χ0n) is 9.64. The van der Waals surface area contributed by atoms with Crippen molar-refractivity contribution >= 4 is 39.1 Å². The molecule has 0 saturated carbocycles. The highest BCUT2D eigenvalue weighted by Gasteiger charge is 2.17. The lowest BCUT2D eigenvalue weighted by atomic mass is 10.0. The van der Waals surface area contributed by atoms with Crippen LogP contribution in [0.4, 0.5) is 8.78 Å². The van der Waals surface area contributed by atoms with E-state index in [1.807, 2.05) is 24.3 Å². The van der Waals surface area contributed by atoms with Gasteiger partial charge in [-0.2, -0.15) is 0 Å². The summed E-state index contributed by atoms with van der Waals surface area (Å²) in [6, 6.07) is 9.51. The molecule has 5 heteroatoms. The highest BCUT2D eigenvalue weighted by Crippen LogP contribution is 2.30. The van der Waals surface area contributed by atoms with Crippen molar-refractivity contribution in [3.8, 4) is 0 Å². The molecule has 0 fully saturated rings. The summed E-state index contributed by atoms with van der Waals surface area (Å²) < 4.78 is 28.0. The molecule has 19 heavy (non-hydrogen) atoms. The summed E-state index contributed by atoms with van der Waals surface area (Å²) in [5, 5.41) is -0.895. The second kappa shape index (κ2) is 6.21. The standard InChI is InChI=1S/C14H9BrCl2F2/c15-9-3-1-2-8(4-9)5-11(16)10-6-14(19)12(17)7-13(10)18/h1-4,6-7,11H,5H2. The Morgan fingerprint density at radius 2 is 1.84 bits per heavy atom. The lowest BCUT2D eigenvalue weighted by Crippen LogP contribution is -2.00. The van der Waals surface area contributed by atoms with Crippen LogP contribution in [0.2, 0.25) is 5.02 Å². The molecule has 2 aromatic rings. The lowest BCUT2D eigenvalue weighted by molar-refractivity contribution is 0.582. The van der Waals surface area contributed by atoms with E-state index in [0.717, 1.165) is 22.2 Å². The summed E-state index contributed by atoms with van der Waals surface area (Å²) >= 11 is 15.0. The van der Waals surface area contributed by atoms with Gasteiger partial charge in [0.1, 0.15) is 11.6 Å². The molecule has 0 radical (unpaired) electrons. The van der Waals surface area contributed by atoms with Gasteiger partial charge in [0, 0.05) is 10.0 Å². The maximum absolute atomic E-state index is 13.7. The molecule has 0 amide bonds. The third-order valence-electron chi connectivity index (χ3n) is 2.68. The Morgan fingerprint density at radius 3 is 2.53 bits per heavy atom. The lowest BCUT2D eigenvalue weighted by Gasteiger charge is -2.12. The summed E-state index contributed by atoms with van der Waals surface area (Å²) in [6.45, 7) is 0. The van der Waals surface area contributed by atoms with Crippen LogP contribution in [0.3, 0.4) is 0 Å². The van der Waals surface area contributed by atoms with Crippen LogP contribution in [-0.4, -0.2) is 0 Å². The quantitative estimate of drug-likeness (QED) is 0.469. The Hall–Kier alpha value is -0.640. The molecule has 0 spiro atoms. The SMILES string of the molecule is Fc1cc(C(Cl)Cc2cccc(Br)c2)c(F)cc1Cl. The van der Waals surface area contributed by atoms with Crippen LogP contribution in [-0.2, 0) is 6.42 Å². The van der Waals surface area contributed by atoms with E-state index in [2.05, 4.69) is 15.9 Å². The molecule has 1 unspecified atom stereocenters. The molecule has 2 aromatic carbocycles. The van der Waals surface area contributed by atoms with Crippen LogP contribution < -0.4 is 0 Å². The number of halogens is 5. The molecule has 0 aliphatic rings. The van der Waals surface area contributed by atoms with Crippen molar-refractivity contribution < 1.29 is 8.78 Å². The van der Waals surface area contributed by atoms with Crippen molar-refractivity contribution in [2.75, 3.05) is 0 Å². The van der Waals surface area contributed by atoms with Crippen LogP contribution in [0, 0.1) is 11.6 Å². The molecule has 0 heterocycles. The average molecular weight is 366 g/mol. The number of hydrogen-bond donors (Lipinski definition) is 0. The number of alkyl halides is 1. The van der Waals surface area contributed by atoms with Crippen molar-refractivity contribution in [2.45, 2.75) is 11.8 Å². The van der Waals surface area contributed by atoms with Crippen LogP contribution in [0.15, 0.2) is 40.9 Å². The summed E-state index contributed by atoms with van der Waals surface area (Å²) in [4.78, 5) is 0. The summed E-state index contributed by atoms with van der Waals surface area (Å²) in [6.07, 6.45) is 0.402. The predicted molar refractivity (Wildman–Crippen MR) is 77.8 cm³/mol. The van der Waals surface area contributed by atoms with Gasteiger partial charge in [0.05, 0.1) is 10.4 Å². The van der Waals surface area contributed by atoms with Crippen molar-refractivity contribution in [3.63, 3.8) is 0 Å². The van der Waals surface area contributed by atoms with E-state index < -0.39 is 17.0 Å². The minimum atomic E-state index is -0.669. The van der Waals surface area contributed by atoms with E-state index >= 15 is 0 Å². The molecule has 2 rings (SSSR count). The smallest absolute Gasteiger partial charge is 0.142 e. The molecule has 0 bridgehead atoms. The van der Waals surface area contributed by atoms with E-state index in [1.54, 1.807) is 0 Å². The molecular formula is C14H9BrCl2F2. The van der Waals surface area contributed by atoms with Crippen molar-refractivity contribution in [1.29, 1.82) is 0 Å². The van der Waals surface area contributed by atoms with E-state index in [0.29, 0.717) is 6.42 Å². The van der Waals surface area contributed by atoms with E-state index in [4.69, 9.17) is 23.2 Å². The fraction of sp³-hybridized carbons (Fsp3) is 0.143. The van der Waals surface area contributed by atoms with Gasteiger partial charge >= 0.3 is 0 Å². The van der Waals surface area contributed by atoms with Crippen molar-refractivity contribution in [2.24, 2.45) is 0 Å². The van der Waals surface area contributed by atoms with Gasteiger partial charge in [-0.3, -0.25) is 0 Å². The average Bonchev–Trinajstić information content (AvgIpc) is 2.33. The van der Waals surface area contributed by atoms with Gasteiger partial charge in [-0.25, -0.2) is 8.78 Å². The number of rotatable bonds is 3. The van der Waals surface area contributed by atoms with E-state index in [9.17, 15) is 8.78 Å². The van der Waals surface area contributed by atoms with Gasteiger partial charge in [-0.05, 0) is 36.2 Å². The van der Waals surface area contributed by atoms with Crippen LogP contribution >= 0.6 is 39.1 Å². The number of hydrogen-bond acceptors (Lipinski definition) is 0. The first-order valence-electron chi connectivity index (χ1n) is 5.50. The zero-order chi connectivity index (χ0) is 14.0. The van der Waals surface area contributed by atoms with Gasteiger partial charge in [0.2, 0.25) is 0 Å². The summed E-state index contributed by atoms with van der Waals surface area (Å²) in [5.41, 5.74) is 1.05. The fourth-order valence-electron chi connectivity index (χ4n) is 1.76. The Labute approximate surface area is 128 Å². The first-order chi connectivity index (χ1) is 8.97. The molecule has 0 nitrogen and oxygen atoms in total. The molecular weight excluding hydrogens is 357 g/mol. The molecule has 0 N–H and O–H groups in total. The molecule has 0 aromatic heterocycles. The summed E-state index contributed by atoms with van der Waals surface area (Å²) in [7, 11) is 0. The predicted octanol–water partition coefficient (Wildman–Crippen LogP) is 5.90. The van der Waals surface area contributed by atoms with Gasteiger partial charge in [0.25, 0.3) is 0 Å². The second-order valence-electron chi connectivity index (χ2n) is 4.09. The highest BCUT2D eigenvalue weighted by molar-refractivity contribution is 9.10. The minimum absolute atomic E-state index is 0.114. The zero-order valence-corrected chi connectivity index (χ0v) is 12.7. The Kier molecular flexibility index (Phi) is 4.82. The Morgan fingerprint density at radius 1 is 1.11 bits per heavy atom. The first kappa shape index (κ1) is 14.8. The van der Waals surface area contributed by atoms with Crippen LogP contribution in [0.25, 0.3) is 0 Å². The van der Waals surface area contributed by atoms with Gasteiger partial charge < -0.3 is 0 Å². The van der Waals surface area contributed by atoms with Crippen molar-refractivity contribution in [1.82, 2.24) is 0 Å². The largest absolute Gasteiger partial charge is 0.207 e. The van der Waals surface area contributed by atoms with Crippen molar-refractivity contribution in [3.05, 3.63) is 68.7 Å².